The van der Waals surface area contributed by atoms with Crippen LogP contribution in [0.5, 0.6) is 0 Å². The van der Waals surface area contributed by atoms with Crippen LogP contribution in [0.15, 0.2) is 24.3 Å². The fraction of sp³-hybridized carbons (Fsp3) is 0.444. The Bertz CT molecular complexity index is 1180. The minimum Gasteiger partial charge on any atom is -0.313 e. The molecule has 7 nitrogen and oxygen atoms in total. The quantitative estimate of drug-likeness (QED) is 0.471. The number of nitrogens with one attached hydrogen (secondary N) is 4. The number of Topliss-reactive ketones (excluding diaryl/α,β-unsaturated/α-hetero) is 2. The maximum atomic E-state index is 15.8. The van der Waals surface area contributed by atoms with Crippen molar-refractivity contribution in [3.05, 3.63) is 69.0 Å². The van der Waals surface area contributed by atoms with Crippen LogP contribution in [0, 0.1) is 31.0 Å². The van der Waals surface area contributed by atoms with E-state index < -0.39 is 23.8 Å². The number of hydrogen-bond acceptors (Lipinski definition) is 7. The monoisotopic (exact) mass is 477 g/mol. The van der Waals surface area contributed by atoms with Gasteiger partial charge in [0.1, 0.15) is 5.82 Å². The lowest BCUT2D eigenvalue weighted by Gasteiger charge is -2.28. The van der Waals surface area contributed by atoms with Gasteiger partial charge in [-0.05, 0) is 48.2 Å². The van der Waals surface area contributed by atoms with E-state index in [4.69, 9.17) is 0 Å². The molecule has 3 unspecified atom stereocenters. The van der Waals surface area contributed by atoms with Gasteiger partial charge in [0.05, 0.1) is 29.3 Å². The average Bonchev–Trinajstić information content (AvgIpc) is 2.89. The highest BCUT2D eigenvalue weighted by molar-refractivity contribution is 6.06. The molecule has 2 aliphatic rings. The zero-order chi connectivity index (χ0) is 25.1. The van der Waals surface area contributed by atoms with Crippen LogP contribution in [0.25, 0.3) is 0 Å². The van der Waals surface area contributed by atoms with Crippen molar-refractivity contribution in [2.45, 2.75) is 38.8 Å². The summed E-state index contributed by atoms with van der Waals surface area (Å²) in [6.07, 6.45) is 0. The van der Waals surface area contributed by atoms with E-state index in [0.29, 0.717) is 37.3 Å². The Hall–Kier alpha value is -2.96. The lowest BCUT2D eigenvalue weighted by molar-refractivity contribution is 0.0917. The van der Waals surface area contributed by atoms with Crippen molar-refractivity contribution in [2.24, 2.45) is 0 Å². The van der Waals surface area contributed by atoms with Crippen molar-refractivity contribution < 1.29 is 14.0 Å². The van der Waals surface area contributed by atoms with E-state index in [2.05, 4.69) is 27.3 Å². The molecule has 184 valence electrons. The van der Waals surface area contributed by atoms with E-state index in [-0.39, 0.29) is 28.3 Å². The van der Waals surface area contributed by atoms with Crippen LogP contribution in [-0.4, -0.2) is 62.9 Å². The van der Waals surface area contributed by atoms with Crippen molar-refractivity contribution in [3.63, 3.8) is 0 Å². The van der Waals surface area contributed by atoms with Gasteiger partial charge in [-0.2, -0.15) is 5.26 Å². The predicted octanol–water partition coefficient (Wildman–Crippen LogP) is 1.95. The molecule has 2 saturated heterocycles. The van der Waals surface area contributed by atoms with Crippen LogP contribution < -0.4 is 21.3 Å². The second-order valence-electron chi connectivity index (χ2n) is 9.35. The summed E-state index contributed by atoms with van der Waals surface area (Å²) in [5.74, 6) is -1.60. The van der Waals surface area contributed by atoms with Gasteiger partial charge >= 0.3 is 0 Å². The minimum absolute atomic E-state index is 0.0241. The average molecular weight is 478 g/mol. The van der Waals surface area contributed by atoms with E-state index in [9.17, 15) is 14.9 Å². The zero-order valence-corrected chi connectivity index (χ0v) is 20.4. The van der Waals surface area contributed by atoms with Crippen molar-refractivity contribution >= 4 is 11.6 Å². The van der Waals surface area contributed by atoms with Gasteiger partial charge in [-0.3, -0.25) is 9.59 Å². The maximum Gasteiger partial charge on any atom is 0.183 e. The van der Waals surface area contributed by atoms with Gasteiger partial charge in [0.15, 0.2) is 11.6 Å². The third-order valence-corrected chi connectivity index (χ3v) is 7.10. The maximum absolute atomic E-state index is 15.8. The summed E-state index contributed by atoms with van der Waals surface area (Å²) < 4.78 is 15.8. The Morgan fingerprint density at radius 1 is 1.03 bits per heavy atom. The molecule has 0 saturated carbocycles. The molecule has 3 atom stereocenters. The first-order valence-corrected chi connectivity index (χ1v) is 12.1. The second kappa shape index (κ2) is 10.8. The molecule has 0 aromatic heterocycles. The number of carbonyl (C=O) groups is 2. The molecule has 0 spiro atoms. The summed E-state index contributed by atoms with van der Waals surface area (Å²) in [5, 5.41) is 22.5. The number of benzene rings is 2. The van der Waals surface area contributed by atoms with E-state index in [1.54, 1.807) is 19.1 Å². The van der Waals surface area contributed by atoms with Crippen LogP contribution in [-0.2, 0) is 0 Å². The van der Waals surface area contributed by atoms with Crippen molar-refractivity contribution in [1.82, 2.24) is 21.3 Å². The first-order chi connectivity index (χ1) is 16.8. The lowest BCUT2D eigenvalue weighted by atomic mass is 9.79. The van der Waals surface area contributed by atoms with Gasteiger partial charge in [0, 0.05) is 50.7 Å². The third kappa shape index (κ3) is 4.91. The van der Waals surface area contributed by atoms with Crippen molar-refractivity contribution in [3.8, 4) is 6.07 Å². The summed E-state index contributed by atoms with van der Waals surface area (Å²) in [5.41, 5.74) is 3.19. The number of aryl methyl sites for hydroxylation is 1. The van der Waals surface area contributed by atoms with Crippen molar-refractivity contribution in [1.29, 1.82) is 5.26 Å². The van der Waals surface area contributed by atoms with Crippen LogP contribution in [0.4, 0.5) is 4.39 Å². The van der Waals surface area contributed by atoms with E-state index in [1.165, 1.54) is 0 Å². The fourth-order valence-electron chi connectivity index (χ4n) is 5.21. The third-order valence-electron chi connectivity index (χ3n) is 7.10. The summed E-state index contributed by atoms with van der Waals surface area (Å²) in [7, 11) is 0. The summed E-state index contributed by atoms with van der Waals surface area (Å²) in [4.78, 5) is 27.1. The molecular weight excluding hydrogens is 445 g/mol. The molecule has 35 heavy (non-hydrogen) atoms. The molecule has 2 aromatic rings. The molecule has 2 aromatic carbocycles. The molecular formula is C27H32FN5O2. The molecule has 4 N–H and O–H groups in total. The Labute approximate surface area is 205 Å². The molecule has 2 fully saturated rings. The van der Waals surface area contributed by atoms with E-state index in [0.717, 1.165) is 24.2 Å². The van der Waals surface area contributed by atoms with Gasteiger partial charge in [-0.25, -0.2) is 4.39 Å². The molecule has 0 aliphatic carbocycles. The van der Waals surface area contributed by atoms with Crippen LogP contribution in [0.1, 0.15) is 61.4 Å². The van der Waals surface area contributed by atoms with E-state index in [1.807, 2.05) is 26.0 Å². The number of rotatable bonds is 6. The Morgan fingerprint density at radius 2 is 1.66 bits per heavy atom. The molecule has 0 radical (unpaired) electrons. The number of nitriles is 1. The topological polar surface area (TPSA) is 106 Å². The van der Waals surface area contributed by atoms with Crippen LogP contribution in [0.3, 0.4) is 0 Å². The number of carbonyl (C=O) groups excluding carboxylic acids is 2. The summed E-state index contributed by atoms with van der Waals surface area (Å²) in [6, 6.07) is 8.24. The molecule has 8 heteroatoms. The van der Waals surface area contributed by atoms with Crippen LogP contribution in [0.2, 0.25) is 0 Å². The highest BCUT2D eigenvalue weighted by Gasteiger charge is 2.33. The number of halogens is 1. The number of nitrogens with zero attached hydrogens (tertiary/aromatic N) is 1. The Kier molecular flexibility index (Phi) is 7.72. The second-order valence-corrected chi connectivity index (χ2v) is 9.35. The molecule has 0 amide bonds. The molecule has 2 heterocycles. The first kappa shape index (κ1) is 25.1. The summed E-state index contributed by atoms with van der Waals surface area (Å²) >= 11 is 0. The van der Waals surface area contributed by atoms with E-state index >= 15 is 4.39 Å². The highest BCUT2D eigenvalue weighted by Crippen LogP contribution is 2.36. The van der Waals surface area contributed by atoms with Gasteiger partial charge in [0.25, 0.3) is 0 Å². The fourth-order valence-corrected chi connectivity index (χ4v) is 5.21. The highest BCUT2D eigenvalue weighted by atomic mass is 19.1. The standard InChI is InChI=1S/C27H32FN5O2/c1-15-5-4-6-18(12-29)23(15)16(2)19-11-20(26(34)21-13-30-7-9-32-21)25(28)17(3)24(19)27(35)22-14-31-8-10-33-22/h4-6,11,16,21-22,30-33H,7-10,13-14H2,1-3H3. The minimum atomic E-state index is -0.657. The van der Waals surface area contributed by atoms with Gasteiger partial charge in [0.2, 0.25) is 0 Å². The Balaban J connectivity index is 1.89. The van der Waals surface area contributed by atoms with Crippen LogP contribution >= 0.6 is 0 Å². The number of piperazine rings is 2. The molecule has 0 bridgehead atoms. The SMILES string of the molecule is Cc1cccc(C#N)c1C(C)c1cc(C(=O)C2CNCCN2)c(F)c(C)c1C(=O)C1CNCCN1. The largest absolute Gasteiger partial charge is 0.313 e. The van der Waals surface area contributed by atoms with Gasteiger partial charge in [-0.15, -0.1) is 0 Å². The van der Waals surface area contributed by atoms with Gasteiger partial charge in [-0.1, -0.05) is 19.1 Å². The number of hydrogen-bond donors (Lipinski definition) is 4. The Morgan fingerprint density at radius 3 is 2.23 bits per heavy atom. The lowest BCUT2D eigenvalue weighted by Crippen LogP contribution is -2.53. The zero-order valence-electron chi connectivity index (χ0n) is 20.4. The smallest absolute Gasteiger partial charge is 0.183 e. The molecule has 4 rings (SSSR count). The summed E-state index contributed by atoms with van der Waals surface area (Å²) in [6.45, 7) is 9.01. The normalized spacial score (nSPS) is 21.2. The van der Waals surface area contributed by atoms with Gasteiger partial charge < -0.3 is 21.3 Å². The van der Waals surface area contributed by atoms with Crippen molar-refractivity contribution in [2.75, 3.05) is 39.3 Å². The molecule has 2 aliphatic heterocycles. The number of ketones is 2. The predicted molar refractivity (Wildman–Crippen MR) is 133 cm³/mol. The first-order valence-electron chi connectivity index (χ1n) is 12.1.